The molecule has 0 bridgehead atoms. The first kappa shape index (κ1) is 18.5. The van der Waals surface area contributed by atoms with Gasteiger partial charge in [0.05, 0.1) is 18.2 Å². The van der Waals surface area contributed by atoms with Crippen LogP contribution < -0.4 is 15.5 Å². The van der Waals surface area contributed by atoms with Gasteiger partial charge in [0, 0.05) is 11.1 Å². The molecule has 0 fully saturated rings. The van der Waals surface area contributed by atoms with Crippen LogP contribution in [0.5, 0.6) is 5.75 Å². The summed E-state index contributed by atoms with van der Waals surface area (Å²) >= 11 is 5.84. The number of benzene rings is 2. The number of nitrogens with one attached hydrogen (secondary N) is 1. The summed E-state index contributed by atoms with van der Waals surface area (Å²) in [5, 5.41) is 3.18. The van der Waals surface area contributed by atoms with Crippen LogP contribution in [-0.2, 0) is 9.53 Å². The average Bonchev–Trinajstić information content (AvgIpc) is 2.67. The van der Waals surface area contributed by atoms with Gasteiger partial charge in [0.15, 0.2) is 12.0 Å². The number of fused-ring (bicyclic) bond motifs is 1. The lowest BCUT2D eigenvalue weighted by molar-refractivity contribution is -0.119. The monoisotopic (exact) mass is 387 g/mol. The zero-order valence-corrected chi connectivity index (χ0v) is 14.9. The Morgan fingerprint density at radius 3 is 2.70 bits per heavy atom. The van der Waals surface area contributed by atoms with Crippen LogP contribution in [0.2, 0.25) is 5.02 Å². The van der Waals surface area contributed by atoms with E-state index in [1.54, 1.807) is 24.3 Å². The topological polar surface area (TPSA) is 94.8 Å². The number of halogens is 1. The Labute approximate surface area is 158 Å². The molecule has 1 amide bonds. The molecule has 3 aromatic rings. The summed E-state index contributed by atoms with van der Waals surface area (Å²) in [4.78, 5) is 36.2. The Morgan fingerprint density at radius 2 is 1.93 bits per heavy atom. The maximum absolute atomic E-state index is 12.1. The van der Waals surface area contributed by atoms with E-state index in [1.165, 1.54) is 25.3 Å². The van der Waals surface area contributed by atoms with Gasteiger partial charge in [0.1, 0.15) is 11.3 Å². The molecule has 0 atom stereocenters. The molecule has 0 saturated carbocycles. The van der Waals surface area contributed by atoms with Crippen molar-refractivity contribution in [2.24, 2.45) is 0 Å². The van der Waals surface area contributed by atoms with Crippen molar-refractivity contribution >= 4 is 40.1 Å². The molecule has 1 heterocycles. The standard InChI is InChI=1S/C19H14ClNO6/c1-25-16-5-3-2-4-13(16)21-18(23)10-26-19(24)17-9-14(22)12-8-11(20)6-7-15(12)27-17/h2-9H,10H2,1H3,(H,21,23). The number of para-hydroxylation sites is 2. The van der Waals surface area contributed by atoms with E-state index in [9.17, 15) is 14.4 Å². The summed E-state index contributed by atoms with van der Waals surface area (Å²) < 4.78 is 15.4. The predicted octanol–water partition coefficient (Wildman–Crippen LogP) is 3.25. The highest BCUT2D eigenvalue weighted by atomic mass is 35.5. The molecule has 1 aromatic heterocycles. The Kier molecular flexibility index (Phi) is 5.42. The second-order valence-electron chi connectivity index (χ2n) is 5.44. The first-order valence-electron chi connectivity index (χ1n) is 7.81. The van der Waals surface area contributed by atoms with E-state index in [-0.39, 0.29) is 16.7 Å². The third-order valence-electron chi connectivity index (χ3n) is 3.61. The van der Waals surface area contributed by atoms with Crippen molar-refractivity contribution in [2.75, 3.05) is 19.0 Å². The number of amides is 1. The van der Waals surface area contributed by atoms with Gasteiger partial charge in [0.25, 0.3) is 5.91 Å². The fraction of sp³-hybridized carbons (Fsp3) is 0.105. The largest absolute Gasteiger partial charge is 0.495 e. The van der Waals surface area contributed by atoms with Crippen molar-refractivity contribution < 1.29 is 23.5 Å². The van der Waals surface area contributed by atoms with Gasteiger partial charge in [-0.05, 0) is 30.3 Å². The molecule has 2 aromatic carbocycles. The van der Waals surface area contributed by atoms with Gasteiger partial charge < -0.3 is 19.2 Å². The zero-order chi connectivity index (χ0) is 19.4. The summed E-state index contributed by atoms with van der Waals surface area (Å²) in [7, 11) is 1.47. The van der Waals surface area contributed by atoms with Gasteiger partial charge in [-0.3, -0.25) is 9.59 Å². The second-order valence-corrected chi connectivity index (χ2v) is 5.88. The van der Waals surface area contributed by atoms with E-state index in [2.05, 4.69) is 5.32 Å². The number of methoxy groups -OCH3 is 1. The van der Waals surface area contributed by atoms with E-state index in [1.807, 2.05) is 0 Å². The van der Waals surface area contributed by atoms with Crippen molar-refractivity contribution in [3.63, 3.8) is 0 Å². The quantitative estimate of drug-likeness (QED) is 0.675. The van der Waals surface area contributed by atoms with Crippen LogP contribution in [0.25, 0.3) is 11.0 Å². The normalized spacial score (nSPS) is 10.4. The Bertz CT molecular complexity index is 1080. The minimum absolute atomic E-state index is 0.192. The maximum atomic E-state index is 12.1. The van der Waals surface area contributed by atoms with Gasteiger partial charge >= 0.3 is 5.97 Å². The molecule has 8 heteroatoms. The molecular weight excluding hydrogens is 374 g/mol. The molecule has 0 saturated heterocycles. The smallest absolute Gasteiger partial charge is 0.374 e. The summed E-state index contributed by atoms with van der Waals surface area (Å²) in [6.45, 7) is -0.556. The van der Waals surface area contributed by atoms with E-state index in [4.69, 9.17) is 25.5 Å². The number of hydrogen-bond acceptors (Lipinski definition) is 6. The minimum Gasteiger partial charge on any atom is -0.495 e. The molecule has 0 aliphatic heterocycles. The summed E-state index contributed by atoms with van der Waals surface area (Å²) in [6.07, 6.45) is 0. The molecule has 0 radical (unpaired) electrons. The molecular formula is C19H14ClNO6. The van der Waals surface area contributed by atoms with Crippen LogP contribution in [0.4, 0.5) is 5.69 Å². The number of carbonyl (C=O) groups is 2. The van der Waals surface area contributed by atoms with Crippen molar-refractivity contribution in [3.05, 3.63) is 69.5 Å². The Balaban J connectivity index is 1.69. The number of ether oxygens (including phenoxy) is 2. The Morgan fingerprint density at radius 1 is 1.15 bits per heavy atom. The van der Waals surface area contributed by atoms with Crippen molar-refractivity contribution in [1.29, 1.82) is 0 Å². The van der Waals surface area contributed by atoms with Gasteiger partial charge in [-0.25, -0.2) is 4.79 Å². The van der Waals surface area contributed by atoms with E-state index < -0.39 is 23.9 Å². The molecule has 3 rings (SSSR count). The lowest BCUT2D eigenvalue weighted by atomic mass is 10.2. The maximum Gasteiger partial charge on any atom is 0.374 e. The summed E-state index contributed by atoms with van der Waals surface area (Å²) in [5.74, 6) is -1.34. The molecule has 27 heavy (non-hydrogen) atoms. The van der Waals surface area contributed by atoms with Gasteiger partial charge in [-0.15, -0.1) is 0 Å². The van der Waals surface area contributed by atoms with Crippen molar-refractivity contribution in [3.8, 4) is 5.75 Å². The number of carbonyl (C=O) groups excluding carboxylic acids is 2. The first-order chi connectivity index (χ1) is 13.0. The second kappa shape index (κ2) is 7.92. The highest BCUT2D eigenvalue weighted by Gasteiger charge is 2.16. The number of esters is 1. The zero-order valence-electron chi connectivity index (χ0n) is 14.2. The van der Waals surface area contributed by atoms with Crippen LogP contribution in [0, 0.1) is 0 Å². The summed E-state index contributed by atoms with van der Waals surface area (Å²) in [5.41, 5.74) is 0.191. The number of anilines is 1. The molecule has 1 N–H and O–H groups in total. The van der Waals surface area contributed by atoms with Gasteiger partial charge in [0.2, 0.25) is 5.76 Å². The van der Waals surface area contributed by atoms with Crippen LogP contribution in [-0.4, -0.2) is 25.6 Å². The molecule has 0 aliphatic rings. The molecule has 0 aliphatic carbocycles. The third-order valence-corrected chi connectivity index (χ3v) is 3.84. The molecule has 138 valence electrons. The lowest BCUT2D eigenvalue weighted by Gasteiger charge is -2.10. The van der Waals surface area contributed by atoms with Gasteiger partial charge in [-0.1, -0.05) is 23.7 Å². The van der Waals surface area contributed by atoms with Crippen LogP contribution >= 0.6 is 11.6 Å². The summed E-state index contributed by atoms with van der Waals surface area (Å²) in [6, 6.07) is 12.2. The van der Waals surface area contributed by atoms with E-state index in [0.717, 1.165) is 6.07 Å². The van der Waals surface area contributed by atoms with E-state index >= 15 is 0 Å². The minimum atomic E-state index is -0.931. The Hall–Kier alpha value is -3.32. The van der Waals surface area contributed by atoms with Crippen LogP contribution in [0.3, 0.4) is 0 Å². The number of hydrogen-bond donors (Lipinski definition) is 1. The highest BCUT2D eigenvalue weighted by Crippen LogP contribution is 2.23. The van der Waals surface area contributed by atoms with Crippen molar-refractivity contribution in [1.82, 2.24) is 0 Å². The van der Waals surface area contributed by atoms with Crippen LogP contribution in [0.1, 0.15) is 10.6 Å². The molecule has 0 spiro atoms. The lowest BCUT2D eigenvalue weighted by Crippen LogP contribution is -2.21. The first-order valence-corrected chi connectivity index (χ1v) is 8.19. The van der Waals surface area contributed by atoms with Crippen molar-refractivity contribution in [2.45, 2.75) is 0 Å². The van der Waals surface area contributed by atoms with Crippen LogP contribution in [0.15, 0.2) is 57.7 Å². The van der Waals surface area contributed by atoms with Gasteiger partial charge in [-0.2, -0.15) is 0 Å². The predicted molar refractivity (Wildman–Crippen MR) is 99.4 cm³/mol. The number of rotatable bonds is 5. The SMILES string of the molecule is COc1ccccc1NC(=O)COC(=O)c1cc(=O)c2cc(Cl)ccc2o1. The average molecular weight is 388 g/mol. The molecule has 7 nitrogen and oxygen atoms in total. The fourth-order valence-electron chi connectivity index (χ4n) is 2.37. The molecule has 0 unspecified atom stereocenters. The van der Waals surface area contributed by atoms with E-state index in [0.29, 0.717) is 16.5 Å². The fourth-order valence-corrected chi connectivity index (χ4v) is 2.54. The third kappa shape index (κ3) is 4.27. The highest BCUT2D eigenvalue weighted by molar-refractivity contribution is 6.31.